The highest BCUT2D eigenvalue weighted by Gasteiger charge is 2.25. The number of hydrogen-bond donors (Lipinski definition) is 1. The number of halogens is 1. The van der Waals surface area contributed by atoms with Gasteiger partial charge in [0.2, 0.25) is 0 Å². The van der Waals surface area contributed by atoms with Crippen LogP contribution in [0.1, 0.15) is 11.7 Å². The SMILES string of the molecule is O=C(COc1ccccc1O)N1CCO[C@H](c2cccc(Cl)c2)C1. The first-order chi connectivity index (χ1) is 11.6. The molecule has 1 N–H and O–H groups in total. The highest BCUT2D eigenvalue weighted by atomic mass is 35.5. The van der Waals surface area contributed by atoms with Crippen LogP contribution in [0.2, 0.25) is 5.02 Å². The van der Waals surface area contributed by atoms with E-state index in [1.807, 2.05) is 18.2 Å². The van der Waals surface area contributed by atoms with E-state index < -0.39 is 0 Å². The minimum atomic E-state index is -0.202. The van der Waals surface area contributed by atoms with Gasteiger partial charge >= 0.3 is 0 Å². The molecule has 3 rings (SSSR count). The summed E-state index contributed by atoms with van der Waals surface area (Å²) in [5, 5.41) is 10.3. The molecule has 1 fully saturated rings. The van der Waals surface area contributed by atoms with Crippen molar-refractivity contribution >= 4 is 17.5 Å². The van der Waals surface area contributed by atoms with Crippen molar-refractivity contribution in [3.05, 3.63) is 59.1 Å². The Morgan fingerprint density at radius 3 is 2.92 bits per heavy atom. The Kier molecular flexibility index (Phi) is 5.23. The average Bonchev–Trinajstić information content (AvgIpc) is 2.61. The Balaban J connectivity index is 1.60. The number of aromatic hydroxyl groups is 1. The Labute approximate surface area is 145 Å². The monoisotopic (exact) mass is 347 g/mol. The maximum absolute atomic E-state index is 12.4. The zero-order chi connectivity index (χ0) is 16.9. The fourth-order valence-electron chi connectivity index (χ4n) is 2.59. The minimum Gasteiger partial charge on any atom is -0.504 e. The van der Waals surface area contributed by atoms with Crippen molar-refractivity contribution < 1.29 is 19.4 Å². The Morgan fingerprint density at radius 1 is 1.29 bits per heavy atom. The Hall–Kier alpha value is -2.24. The fourth-order valence-corrected chi connectivity index (χ4v) is 2.79. The third-order valence-corrected chi connectivity index (χ3v) is 4.09. The van der Waals surface area contributed by atoms with Crippen molar-refractivity contribution in [3.63, 3.8) is 0 Å². The summed E-state index contributed by atoms with van der Waals surface area (Å²) >= 11 is 6.02. The second kappa shape index (κ2) is 7.55. The number of ether oxygens (including phenoxy) is 2. The van der Waals surface area contributed by atoms with Gasteiger partial charge in [-0.1, -0.05) is 35.9 Å². The number of benzene rings is 2. The van der Waals surface area contributed by atoms with Crippen LogP contribution in [0, 0.1) is 0 Å². The van der Waals surface area contributed by atoms with Gasteiger partial charge in [0.25, 0.3) is 5.91 Å². The maximum atomic E-state index is 12.4. The number of phenolic OH excluding ortho intramolecular Hbond substituents is 1. The summed E-state index contributed by atoms with van der Waals surface area (Å²) in [6.45, 7) is 1.29. The van der Waals surface area contributed by atoms with Gasteiger partial charge in [0.15, 0.2) is 18.1 Å². The number of nitrogens with zero attached hydrogens (tertiary/aromatic N) is 1. The molecule has 1 saturated heterocycles. The molecule has 0 radical (unpaired) electrons. The van der Waals surface area contributed by atoms with E-state index in [1.54, 1.807) is 29.2 Å². The molecule has 0 spiro atoms. The predicted molar refractivity (Wildman–Crippen MR) is 90.3 cm³/mol. The highest BCUT2D eigenvalue weighted by molar-refractivity contribution is 6.30. The van der Waals surface area contributed by atoms with Gasteiger partial charge < -0.3 is 19.5 Å². The molecule has 1 atom stereocenters. The lowest BCUT2D eigenvalue weighted by atomic mass is 10.1. The fraction of sp³-hybridized carbons (Fsp3) is 0.278. The van der Waals surface area contributed by atoms with Crippen molar-refractivity contribution in [1.82, 2.24) is 4.90 Å². The molecular weight excluding hydrogens is 330 g/mol. The van der Waals surface area contributed by atoms with E-state index in [4.69, 9.17) is 21.1 Å². The zero-order valence-corrected chi connectivity index (χ0v) is 13.8. The lowest BCUT2D eigenvalue weighted by Crippen LogP contribution is -2.44. The number of para-hydroxylation sites is 2. The number of amides is 1. The summed E-state index contributed by atoms with van der Waals surface area (Å²) in [7, 11) is 0. The van der Waals surface area contributed by atoms with E-state index in [9.17, 15) is 9.90 Å². The maximum Gasteiger partial charge on any atom is 0.260 e. The molecule has 0 saturated carbocycles. The molecule has 6 heteroatoms. The lowest BCUT2D eigenvalue weighted by molar-refractivity contribution is -0.141. The molecule has 126 valence electrons. The van der Waals surface area contributed by atoms with E-state index in [1.165, 1.54) is 6.07 Å². The summed E-state index contributed by atoms with van der Waals surface area (Å²) in [6, 6.07) is 14.0. The van der Waals surface area contributed by atoms with Gasteiger partial charge in [-0.3, -0.25) is 4.79 Å². The van der Waals surface area contributed by atoms with E-state index in [0.29, 0.717) is 30.5 Å². The van der Waals surface area contributed by atoms with Crippen LogP contribution in [0.25, 0.3) is 0 Å². The van der Waals surface area contributed by atoms with Gasteiger partial charge in [-0.05, 0) is 29.8 Å². The van der Waals surface area contributed by atoms with Crippen LogP contribution in [0.15, 0.2) is 48.5 Å². The van der Waals surface area contributed by atoms with Crippen LogP contribution in [0.4, 0.5) is 0 Å². The molecule has 0 aliphatic carbocycles. The van der Waals surface area contributed by atoms with Crippen molar-refractivity contribution in [2.75, 3.05) is 26.3 Å². The number of phenols is 1. The number of hydrogen-bond acceptors (Lipinski definition) is 4. The van der Waals surface area contributed by atoms with Crippen molar-refractivity contribution in [1.29, 1.82) is 0 Å². The molecule has 0 unspecified atom stereocenters. The molecule has 0 aromatic heterocycles. The summed E-state index contributed by atoms with van der Waals surface area (Å²) in [5.41, 5.74) is 0.946. The predicted octanol–water partition coefficient (Wildman–Crippen LogP) is 3.02. The number of morpholine rings is 1. The normalized spacial score (nSPS) is 17.5. The molecule has 1 aliphatic rings. The largest absolute Gasteiger partial charge is 0.504 e. The molecule has 1 aliphatic heterocycles. The van der Waals surface area contributed by atoms with Crippen molar-refractivity contribution in [2.45, 2.75) is 6.10 Å². The van der Waals surface area contributed by atoms with Gasteiger partial charge in [0.05, 0.1) is 13.2 Å². The standard InChI is InChI=1S/C18H18ClNO4/c19-14-5-3-4-13(10-14)17-11-20(8-9-23-17)18(22)12-24-16-7-2-1-6-15(16)21/h1-7,10,17,21H,8-9,11-12H2/t17-/m0/s1. The van der Waals surface area contributed by atoms with Crippen LogP contribution < -0.4 is 4.74 Å². The first-order valence-electron chi connectivity index (χ1n) is 7.69. The molecular formula is C18H18ClNO4. The lowest BCUT2D eigenvalue weighted by Gasteiger charge is -2.33. The van der Waals surface area contributed by atoms with E-state index in [-0.39, 0.29) is 24.4 Å². The van der Waals surface area contributed by atoms with E-state index in [2.05, 4.69) is 0 Å². The molecule has 2 aromatic rings. The van der Waals surface area contributed by atoms with Crippen LogP contribution in [0.3, 0.4) is 0 Å². The summed E-state index contributed by atoms with van der Waals surface area (Å²) in [6.07, 6.45) is -0.202. The second-order valence-electron chi connectivity index (χ2n) is 5.51. The zero-order valence-electron chi connectivity index (χ0n) is 13.0. The third kappa shape index (κ3) is 3.99. The molecule has 5 nitrogen and oxygen atoms in total. The Bertz CT molecular complexity index is 722. The van der Waals surface area contributed by atoms with E-state index in [0.717, 1.165) is 5.56 Å². The van der Waals surface area contributed by atoms with Gasteiger partial charge in [0.1, 0.15) is 6.10 Å². The highest BCUT2D eigenvalue weighted by Crippen LogP contribution is 2.26. The summed E-state index contributed by atoms with van der Waals surface area (Å²) in [5.74, 6) is 0.170. The number of carbonyl (C=O) groups excluding carboxylic acids is 1. The molecule has 0 bridgehead atoms. The van der Waals surface area contributed by atoms with Gasteiger partial charge in [-0.25, -0.2) is 0 Å². The molecule has 2 aromatic carbocycles. The third-order valence-electron chi connectivity index (χ3n) is 3.86. The van der Waals surface area contributed by atoms with E-state index >= 15 is 0 Å². The Morgan fingerprint density at radius 2 is 2.12 bits per heavy atom. The first-order valence-corrected chi connectivity index (χ1v) is 8.07. The smallest absolute Gasteiger partial charge is 0.260 e. The quantitative estimate of drug-likeness (QED) is 0.923. The van der Waals surface area contributed by atoms with Crippen LogP contribution in [-0.4, -0.2) is 42.2 Å². The van der Waals surface area contributed by atoms with Crippen molar-refractivity contribution in [3.8, 4) is 11.5 Å². The first kappa shape index (κ1) is 16.6. The molecule has 1 amide bonds. The molecule has 1 heterocycles. The minimum absolute atomic E-state index is 0.0177. The van der Waals surface area contributed by atoms with Crippen LogP contribution in [0.5, 0.6) is 11.5 Å². The van der Waals surface area contributed by atoms with Crippen molar-refractivity contribution in [2.24, 2.45) is 0 Å². The van der Waals surface area contributed by atoms with Crippen LogP contribution in [-0.2, 0) is 9.53 Å². The number of carbonyl (C=O) groups is 1. The molecule has 24 heavy (non-hydrogen) atoms. The second-order valence-corrected chi connectivity index (χ2v) is 5.95. The van der Waals surface area contributed by atoms with Gasteiger partial charge in [0, 0.05) is 11.6 Å². The number of rotatable bonds is 4. The van der Waals surface area contributed by atoms with Crippen LogP contribution >= 0.6 is 11.6 Å². The summed E-state index contributed by atoms with van der Waals surface area (Å²) < 4.78 is 11.2. The van der Waals surface area contributed by atoms with Gasteiger partial charge in [-0.15, -0.1) is 0 Å². The average molecular weight is 348 g/mol. The summed E-state index contributed by atoms with van der Waals surface area (Å²) in [4.78, 5) is 14.1. The topological polar surface area (TPSA) is 59.0 Å². The van der Waals surface area contributed by atoms with Gasteiger partial charge in [-0.2, -0.15) is 0 Å².